The van der Waals surface area contributed by atoms with Crippen molar-refractivity contribution in [2.24, 2.45) is 0 Å². The highest BCUT2D eigenvalue weighted by molar-refractivity contribution is 6.30. The first-order valence-corrected chi connectivity index (χ1v) is 14.3. The minimum Gasteiger partial charge on any atom is -0.478 e. The molecule has 0 aromatic heterocycles. The Hall–Kier alpha value is -3.92. The topological polar surface area (TPSA) is 137 Å². The van der Waals surface area contributed by atoms with Crippen LogP contribution in [0, 0.1) is 0 Å². The first-order chi connectivity index (χ1) is 19.8. The molecule has 2 N–H and O–H groups in total. The molecule has 0 fully saturated rings. The van der Waals surface area contributed by atoms with Gasteiger partial charge in [0.15, 0.2) is 11.4 Å². The maximum absolute atomic E-state index is 12.9. The van der Waals surface area contributed by atoms with Crippen LogP contribution >= 0.6 is 11.6 Å². The lowest BCUT2D eigenvalue weighted by Crippen LogP contribution is -2.51. The molecule has 1 unspecified atom stereocenters. The molecule has 2 amide bonds. The summed E-state index contributed by atoms with van der Waals surface area (Å²) in [5.74, 6) is -2.34. The summed E-state index contributed by atoms with van der Waals surface area (Å²) in [5.41, 5.74) is -1.99. The molecule has 0 heterocycles. The van der Waals surface area contributed by atoms with Crippen LogP contribution in [0.3, 0.4) is 0 Å². The molecular formula is C32H41ClN2O8. The van der Waals surface area contributed by atoms with Crippen LogP contribution in [0.2, 0.25) is 5.02 Å². The lowest BCUT2D eigenvalue weighted by atomic mass is 10.0. The van der Waals surface area contributed by atoms with Gasteiger partial charge in [-0.1, -0.05) is 11.6 Å². The number of carbonyl (C=O) groups is 5. The molecule has 0 aliphatic carbocycles. The number of ketones is 1. The van der Waals surface area contributed by atoms with Gasteiger partial charge in [-0.05, 0) is 110 Å². The van der Waals surface area contributed by atoms with Gasteiger partial charge in [0.25, 0.3) is 5.91 Å². The molecular weight excluding hydrogens is 576 g/mol. The lowest BCUT2D eigenvalue weighted by Gasteiger charge is -2.26. The average Bonchev–Trinajstić information content (AvgIpc) is 2.87. The molecule has 234 valence electrons. The number of rotatable bonds is 12. The molecule has 2 aromatic carbocycles. The minimum atomic E-state index is -1.39. The number of hydrogen-bond donors (Lipinski definition) is 2. The van der Waals surface area contributed by atoms with Gasteiger partial charge in [-0.15, -0.1) is 0 Å². The number of hydrogen-bond acceptors (Lipinski definition) is 8. The fourth-order valence-electron chi connectivity index (χ4n) is 3.68. The molecule has 2 aromatic rings. The zero-order valence-corrected chi connectivity index (χ0v) is 26.7. The van der Waals surface area contributed by atoms with Gasteiger partial charge in [-0.25, -0.2) is 4.79 Å². The summed E-state index contributed by atoms with van der Waals surface area (Å²) in [7, 11) is 0. The average molecular weight is 617 g/mol. The summed E-state index contributed by atoms with van der Waals surface area (Å²) in [4.78, 5) is 63.2. The highest BCUT2D eigenvalue weighted by Gasteiger charge is 2.32. The van der Waals surface area contributed by atoms with E-state index in [1.54, 1.807) is 90.1 Å². The first kappa shape index (κ1) is 35.3. The highest BCUT2D eigenvalue weighted by atomic mass is 35.5. The van der Waals surface area contributed by atoms with Crippen molar-refractivity contribution in [3.8, 4) is 5.75 Å². The first-order valence-electron chi connectivity index (χ1n) is 13.9. The van der Waals surface area contributed by atoms with Gasteiger partial charge in [-0.3, -0.25) is 19.2 Å². The summed E-state index contributed by atoms with van der Waals surface area (Å²) >= 11 is 5.89. The Morgan fingerprint density at radius 1 is 0.767 bits per heavy atom. The molecule has 0 aliphatic heterocycles. The lowest BCUT2D eigenvalue weighted by molar-refractivity contribution is -0.160. The van der Waals surface area contributed by atoms with Crippen LogP contribution in [-0.2, 0) is 28.7 Å². The SMILES string of the molecule is CC(C)(C)OC(=O)CCC(NC(=O)CNC(=O)C(C)(C)Oc1ccc(C(=O)c2ccc(Cl)cc2)cc1)C(=O)OC(C)(C)C. The second-order valence-corrected chi connectivity index (χ2v) is 12.9. The second kappa shape index (κ2) is 14.5. The fourth-order valence-corrected chi connectivity index (χ4v) is 3.80. The van der Waals surface area contributed by atoms with Crippen LogP contribution in [0.5, 0.6) is 5.75 Å². The maximum Gasteiger partial charge on any atom is 0.329 e. The van der Waals surface area contributed by atoms with Crippen LogP contribution in [0.1, 0.15) is 84.2 Å². The molecule has 0 saturated carbocycles. The van der Waals surface area contributed by atoms with Gasteiger partial charge in [0.05, 0.1) is 6.54 Å². The molecule has 1 atom stereocenters. The van der Waals surface area contributed by atoms with Crippen LogP contribution in [0.4, 0.5) is 0 Å². The normalized spacial score (nSPS) is 12.5. The molecule has 0 bridgehead atoms. The predicted molar refractivity (Wildman–Crippen MR) is 162 cm³/mol. The summed E-state index contributed by atoms with van der Waals surface area (Å²) in [6.45, 7) is 12.8. The quantitative estimate of drug-likeness (QED) is 0.256. The number of amides is 2. The van der Waals surface area contributed by atoms with Crippen molar-refractivity contribution in [1.82, 2.24) is 10.6 Å². The van der Waals surface area contributed by atoms with Gasteiger partial charge in [-0.2, -0.15) is 0 Å². The number of benzene rings is 2. The van der Waals surface area contributed by atoms with Crippen molar-refractivity contribution in [1.29, 1.82) is 0 Å². The second-order valence-electron chi connectivity index (χ2n) is 12.4. The van der Waals surface area contributed by atoms with Crippen molar-refractivity contribution in [2.75, 3.05) is 6.54 Å². The van der Waals surface area contributed by atoms with Crippen LogP contribution in [0.15, 0.2) is 48.5 Å². The standard InChI is InChI=1S/C32H41ClN2O8/c1-30(2,3)42-26(37)18-17-24(28(39)43-31(4,5)6)35-25(36)19-34-29(40)32(7,8)41-23-15-11-21(12-16-23)27(38)20-9-13-22(33)14-10-20/h9-16,24H,17-19H2,1-8H3,(H,34,40)(H,35,36). The smallest absolute Gasteiger partial charge is 0.329 e. The van der Waals surface area contributed by atoms with Gasteiger partial charge in [0.1, 0.15) is 23.0 Å². The molecule has 2 rings (SSSR count). The van der Waals surface area contributed by atoms with E-state index in [-0.39, 0.29) is 18.6 Å². The number of nitrogens with one attached hydrogen (secondary N) is 2. The van der Waals surface area contributed by atoms with E-state index >= 15 is 0 Å². The van der Waals surface area contributed by atoms with Crippen molar-refractivity contribution >= 4 is 41.1 Å². The Balaban J connectivity index is 1.97. The Labute approximate surface area is 257 Å². The Morgan fingerprint density at radius 3 is 1.79 bits per heavy atom. The number of carbonyl (C=O) groups excluding carboxylic acids is 5. The largest absolute Gasteiger partial charge is 0.478 e. The number of halogens is 1. The van der Waals surface area contributed by atoms with E-state index in [0.717, 1.165) is 0 Å². The Morgan fingerprint density at radius 2 is 1.28 bits per heavy atom. The van der Waals surface area contributed by atoms with E-state index in [2.05, 4.69) is 10.6 Å². The summed E-state index contributed by atoms with van der Waals surface area (Å²) in [5, 5.41) is 5.56. The van der Waals surface area contributed by atoms with Crippen LogP contribution in [0.25, 0.3) is 0 Å². The van der Waals surface area contributed by atoms with Crippen molar-refractivity contribution < 1.29 is 38.2 Å². The van der Waals surface area contributed by atoms with Crippen molar-refractivity contribution in [3.05, 3.63) is 64.7 Å². The van der Waals surface area contributed by atoms with Gasteiger partial charge >= 0.3 is 11.9 Å². The van der Waals surface area contributed by atoms with E-state index in [1.807, 2.05) is 0 Å². The fraction of sp³-hybridized carbons (Fsp3) is 0.469. The zero-order valence-electron chi connectivity index (χ0n) is 26.0. The highest BCUT2D eigenvalue weighted by Crippen LogP contribution is 2.21. The molecule has 0 aliphatic rings. The molecule has 11 heteroatoms. The maximum atomic E-state index is 12.9. The molecule has 0 radical (unpaired) electrons. The van der Waals surface area contributed by atoms with Crippen LogP contribution in [-0.4, -0.2) is 58.9 Å². The summed E-state index contributed by atoms with van der Waals surface area (Å²) in [6, 6.07) is 11.7. The summed E-state index contributed by atoms with van der Waals surface area (Å²) in [6.07, 6.45) is -0.173. The van der Waals surface area contributed by atoms with E-state index in [1.165, 1.54) is 13.8 Å². The Bertz CT molecular complexity index is 1310. The minimum absolute atomic E-state index is 0.0470. The van der Waals surface area contributed by atoms with Gasteiger partial charge in [0.2, 0.25) is 5.91 Å². The van der Waals surface area contributed by atoms with Gasteiger partial charge < -0.3 is 24.8 Å². The van der Waals surface area contributed by atoms with Gasteiger partial charge in [0, 0.05) is 22.6 Å². The third-order valence-corrected chi connectivity index (χ3v) is 5.89. The third-order valence-electron chi connectivity index (χ3n) is 5.64. The van der Waals surface area contributed by atoms with E-state index < -0.39 is 53.1 Å². The predicted octanol–water partition coefficient (Wildman–Crippen LogP) is 4.79. The van der Waals surface area contributed by atoms with E-state index in [0.29, 0.717) is 21.9 Å². The number of esters is 2. The van der Waals surface area contributed by atoms with Crippen molar-refractivity contribution in [2.45, 2.75) is 91.1 Å². The van der Waals surface area contributed by atoms with Crippen molar-refractivity contribution in [3.63, 3.8) is 0 Å². The number of ether oxygens (including phenoxy) is 3. The molecule has 10 nitrogen and oxygen atoms in total. The molecule has 0 saturated heterocycles. The molecule has 43 heavy (non-hydrogen) atoms. The molecule has 0 spiro atoms. The van der Waals surface area contributed by atoms with E-state index in [9.17, 15) is 24.0 Å². The summed E-state index contributed by atoms with van der Waals surface area (Å²) < 4.78 is 16.5. The van der Waals surface area contributed by atoms with E-state index in [4.69, 9.17) is 25.8 Å². The van der Waals surface area contributed by atoms with Crippen LogP contribution < -0.4 is 15.4 Å². The monoisotopic (exact) mass is 616 g/mol. The third kappa shape index (κ3) is 12.5. The Kier molecular flexibility index (Phi) is 11.9. The zero-order chi connectivity index (χ0) is 32.6.